The van der Waals surface area contributed by atoms with Gasteiger partial charge in [-0.1, -0.05) is 56.2 Å². The van der Waals surface area contributed by atoms with Gasteiger partial charge in [0, 0.05) is 11.6 Å². The molecule has 36 heavy (non-hydrogen) atoms. The minimum absolute atomic E-state index is 0.132. The summed E-state index contributed by atoms with van der Waals surface area (Å²) in [5, 5.41) is 13.9. The van der Waals surface area contributed by atoms with Gasteiger partial charge < -0.3 is 19.5 Å². The summed E-state index contributed by atoms with van der Waals surface area (Å²) < 4.78 is 16.6. The van der Waals surface area contributed by atoms with Gasteiger partial charge >= 0.3 is 0 Å². The zero-order valence-electron chi connectivity index (χ0n) is 20.7. The molecular formula is C28H30N2O6. The predicted octanol–water partition coefficient (Wildman–Crippen LogP) is 6.36. The quantitative estimate of drug-likeness (QED) is 0.104. The number of nitrogens with zero attached hydrogens (tertiary/aromatic N) is 1. The van der Waals surface area contributed by atoms with Gasteiger partial charge in [-0.25, -0.2) is 0 Å². The third kappa shape index (κ3) is 6.85. The van der Waals surface area contributed by atoms with Crippen molar-refractivity contribution >= 4 is 28.9 Å². The van der Waals surface area contributed by atoms with Crippen molar-refractivity contribution in [3.05, 3.63) is 88.0 Å². The molecule has 8 heteroatoms. The van der Waals surface area contributed by atoms with E-state index in [1.165, 1.54) is 25.3 Å². The lowest BCUT2D eigenvalue weighted by Gasteiger charge is -2.14. The molecule has 0 aromatic heterocycles. The van der Waals surface area contributed by atoms with Gasteiger partial charge in [-0.2, -0.15) is 0 Å². The number of nitro groups is 1. The lowest BCUT2D eigenvalue weighted by atomic mass is 10.0. The molecule has 0 aliphatic carbocycles. The SMILES string of the molecule is CCCCCOc1ccc(/C=C(/C(=O)Nc2ccc([N+](=O)[O-])cc2OC)c2ccccc2)cc1OC. The van der Waals surface area contributed by atoms with Crippen LogP contribution in [0.2, 0.25) is 0 Å². The largest absolute Gasteiger partial charge is 0.494 e. The molecule has 3 aromatic carbocycles. The number of anilines is 1. The topological polar surface area (TPSA) is 99.9 Å². The molecule has 1 N–H and O–H groups in total. The van der Waals surface area contributed by atoms with Crippen molar-refractivity contribution in [2.75, 3.05) is 26.1 Å². The molecule has 0 saturated heterocycles. The normalized spacial score (nSPS) is 11.0. The molecule has 8 nitrogen and oxygen atoms in total. The summed E-state index contributed by atoms with van der Waals surface area (Å²) in [4.78, 5) is 24.0. The van der Waals surface area contributed by atoms with Crippen LogP contribution in [-0.2, 0) is 4.79 Å². The van der Waals surface area contributed by atoms with Crippen molar-refractivity contribution in [2.24, 2.45) is 0 Å². The van der Waals surface area contributed by atoms with Crippen LogP contribution < -0.4 is 19.5 Å². The number of unbranched alkanes of at least 4 members (excludes halogenated alkanes) is 2. The molecule has 0 aliphatic rings. The van der Waals surface area contributed by atoms with Gasteiger partial charge in [0.15, 0.2) is 11.5 Å². The highest BCUT2D eigenvalue weighted by atomic mass is 16.6. The summed E-state index contributed by atoms with van der Waals surface area (Å²) in [6.07, 6.45) is 4.93. The number of rotatable bonds is 12. The van der Waals surface area contributed by atoms with Gasteiger partial charge in [0.2, 0.25) is 0 Å². The van der Waals surface area contributed by atoms with Crippen molar-refractivity contribution in [3.63, 3.8) is 0 Å². The van der Waals surface area contributed by atoms with E-state index in [1.54, 1.807) is 13.2 Å². The molecule has 0 radical (unpaired) electrons. The fourth-order valence-corrected chi connectivity index (χ4v) is 3.58. The Hall–Kier alpha value is -4.33. The molecule has 0 spiro atoms. The first kappa shape index (κ1) is 26.3. The Labute approximate surface area is 210 Å². The third-order valence-electron chi connectivity index (χ3n) is 5.48. The average molecular weight is 491 g/mol. The van der Waals surface area contributed by atoms with Crippen LogP contribution in [0.5, 0.6) is 17.2 Å². The molecule has 0 unspecified atom stereocenters. The summed E-state index contributed by atoms with van der Waals surface area (Å²) in [7, 11) is 2.97. The molecule has 0 saturated carbocycles. The number of hydrogen-bond acceptors (Lipinski definition) is 6. The molecule has 0 aliphatic heterocycles. The van der Waals surface area contributed by atoms with Crippen LogP contribution in [-0.4, -0.2) is 31.7 Å². The smallest absolute Gasteiger partial charge is 0.273 e. The Morgan fingerprint density at radius 3 is 2.36 bits per heavy atom. The lowest BCUT2D eigenvalue weighted by molar-refractivity contribution is -0.384. The number of carbonyl (C=O) groups excluding carboxylic acids is 1. The van der Waals surface area contributed by atoms with E-state index >= 15 is 0 Å². The Balaban J connectivity index is 1.93. The Bertz CT molecular complexity index is 1220. The third-order valence-corrected chi connectivity index (χ3v) is 5.48. The first-order valence-corrected chi connectivity index (χ1v) is 11.7. The maximum absolute atomic E-state index is 13.4. The summed E-state index contributed by atoms with van der Waals surface area (Å²) in [5.41, 5.74) is 2.04. The second-order valence-corrected chi connectivity index (χ2v) is 7.99. The van der Waals surface area contributed by atoms with Gasteiger partial charge in [0.25, 0.3) is 11.6 Å². The number of nitrogens with one attached hydrogen (secondary N) is 1. The number of benzene rings is 3. The monoisotopic (exact) mass is 490 g/mol. The molecule has 0 heterocycles. The lowest BCUT2D eigenvalue weighted by Crippen LogP contribution is -2.14. The van der Waals surface area contributed by atoms with Gasteiger partial charge in [0.05, 0.1) is 37.5 Å². The second-order valence-electron chi connectivity index (χ2n) is 7.99. The van der Waals surface area contributed by atoms with E-state index in [4.69, 9.17) is 14.2 Å². The molecule has 188 valence electrons. The maximum Gasteiger partial charge on any atom is 0.273 e. The number of hydrogen-bond donors (Lipinski definition) is 1. The van der Waals surface area contributed by atoms with E-state index in [0.717, 1.165) is 24.8 Å². The fraction of sp³-hybridized carbons (Fsp3) is 0.250. The van der Waals surface area contributed by atoms with Crippen molar-refractivity contribution < 1.29 is 23.9 Å². The minimum Gasteiger partial charge on any atom is -0.494 e. The summed E-state index contributed by atoms with van der Waals surface area (Å²) >= 11 is 0. The number of methoxy groups -OCH3 is 2. The minimum atomic E-state index is -0.520. The number of carbonyl (C=O) groups is 1. The molecule has 1 amide bonds. The second kappa shape index (κ2) is 12.9. The molecule has 0 atom stereocenters. The van der Waals surface area contributed by atoms with E-state index in [0.29, 0.717) is 34.9 Å². The molecule has 0 fully saturated rings. The van der Waals surface area contributed by atoms with Gasteiger partial charge in [-0.3, -0.25) is 14.9 Å². The Kier molecular flexibility index (Phi) is 9.45. The van der Waals surface area contributed by atoms with E-state index < -0.39 is 10.8 Å². The summed E-state index contributed by atoms with van der Waals surface area (Å²) in [6.45, 7) is 2.74. The first-order chi connectivity index (χ1) is 17.5. The molecular weight excluding hydrogens is 460 g/mol. The Morgan fingerprint density at radius 2 is 1.69 bits per heavy atom. The maximum atomic E-state index is 13.4. The highest BCUT2D eigenvalue weighted by Crippen LogP contribution is 2.32. The zero-order valence-corrected chi connectivity index (χ0v) is 20.7. The van der Waals surface area contributed by atoms with Gasteiger partial charge in [-0.15, -0.1) is 0 Å². The van der Waals surface area contributed by atoms with Crippen molar-refractivity contribution in [2.45, 2.75) is 26.2 Å². The van der Waals surface area contributed by atoms with Crippen LogP contribution in [0.3, 0.4) is 0 Å². The number of amides is 1. The predicted molar refractivity (Wildman–Crippen MR) is 141 cm³/mol. The number of nitro benzene ring substituents is 1. The first-order valence-electron chi connectivity index (χ1n) is 11.7. The highest BCUT2D eigenvalue weighted by molar-refractivity contribution is 6.29. The average Bonchev–Trinajstić information content (AvgIpc) is 2.90. The molecule has 3 aromatic rings. The van der Waals surface area contributed by atoms with E-state index in [1.807, 2.05) is 48.5 Å². The van der Waals surface area contributed by atoms with Gasteiger partial charge in [-0.05, 0) is 41.8 Å². The van der Waals surface area contributed by atoms with Crippen molar-refractivity contribution in [1.82, 2.24) is 0 Å². The summed E-state index contributed by atoms with van der Waals surface area (Å²) in [6, 6.07) is 18.8. The highest BCUT2D eigenvalue weighted by Gasteiger charge is 2.17. The van der Waals surface area contributed by atoms with E-state index in [-0.39, 0.29) is 11.4 Å². The summed E-state index contributed by atoms with van der Waals surface area (Å²) in [5.74, 6) is 1.01. The van der Waals surface area contributed by atoms with Crippen LogP contribution in [0.25, 0.3) is 11.6 Å². The number of ether oxygens (including phenoxy) is 3. The Morgan fingerprint density at radius 1 is 0.944 bits per heavy atom. The number of non-ortho nitro benzene ring substituents is 1. The zero-order chi connectivity index (χ0) is 25.9. The van der Waals surface area contributed by atoms with Gasteiger partial charge in [0.1, 0.15) is 5.75 Å². The van der Waals surface area contributed by atoms with E-state index in [9.17, 15) is 14.9 Å². The van der Waals surface area contributed by atoms with Crippen LogP contribution in [0.4, 0.5) is 11.4 Å². The standard InChI is InChI=1S/C28H30N2O6/c1-4-5-9-16-36-25-15-12-20(18-27(25)35-3)17-23(21-10-7-6-8-11-21)28(31)29-24-14-13-22(30(32)33)19-26(24)34-2/h6-8,10-15,17-19H,4-5,9,16H2,1-3H3,(H,29,31)/b23-17+. The van der Waals surface area contributed by atoms with Crippen LogP contribution in [0.15, 0.2) is 66.7 Å². The fourth-order valence-electron chi connectivity index (χ4n) is 3.58. The van der Waals surface area contributed by atoms with Crippen molar-refractivity contribution in [1.29, 1.82) is 0 Å². The molecule has 0 bridgehead atoms. The van der Waals surface area contributed by atoms with Crippen LogP contribution in [0, 0.1) is 10.1 Å². The van der Waals surface area contributed by atoms with E-state index in [2.05, 4.69) is 12.2 Å². The molecule has 3 rings (SSSR count). The van der Waals surface area contributed by atoms with Crippen molar-refractivity contribution in [3.8, 4) is 17.2 Å². The van der Waals surface area contributed by atoms with Crippen LogP contribution >= 0.6 is 0 Å². The van der Waals surface area contributed by atoms with Crippen LogP contribution in [0.1, 0.15) is 37.3 Å².